The van der Waals surface area contributed by atoms with Crippen LogP contribution in [0, 0.1) is 5.82 Å². The molecular formula is C24H17Cl2F4NO3. The van der Waals surface area contributed by atoms with Crippen LogP contribution in [0.3, 0.4) is 0 Å². The van der Waals surface area contributed by atoms with Crippen LogP contribution in [0.25, 0.3) is 12.2 Å². The monoisotopic (exact) mass is 513 g/mol. The van der Waals surface area contributed by atoms with E-state index in [0.717, 1.165) is 11.6 Å². The summed E-state index contributed by atoms with van der Waals surface area (Å²) in [5, 5.41) is -0.00984. The van der Waals surface area contributed by atoms with Crippen molar-refractivity contribution in [2.75, 3.05) is 7.11 Å². The molecule has 0 atom stereocenters. The van der Waals surface area contributed by atoms with E-state index < -0.39 is 29.1 Å². The number of rotatable bonds is 6. The fourth-order valence-corrected chi connectivity index (χ4v) is 3.75. The van der Waals surface area contributed by atoms with Crippen LogP contribution >= 0.6 is 23.2 Å². The highest BCUT2D eigenvalue weighted by Gasteiger charge is 2.34. The number of ether oxygens (including phenoxy) is 1. The van der Waals surface area contributed by atoms with Gasteiger partial charge in [-0.05, 0) is 54.0 Å². The molecule has 10 heteroatoms. The molecular weight excluding hydrogens is 497 g/mol. The third kappa shape index (κ3) is 5.87. The molecule has 3 aromatic rings. The Hall–Kier alpha value is -3.10. The van der Waals surface area contributed by atoms with E-state index >= 15 is 0 Å². The molecule has 0 radical (unpaired) electrons. The number of hydrogen-bond donors (Lipinski definition) is 0. The zero-order valence-electron chi connectivity index (χ0n) is 17.6. The maximum Gasteiger partial charge on any atom is 0.419 e. The molecule has 0 unspecified atom stereocenters. The van der Waals surface area contributed by atoms with Gasteiger partial charge in [0.2, 0.25) is 0 Å². The topological polar surface area (TPSA) is 48.3 Å². The number of nitrogens with zero attached hydrogens (tertiary/aromatic N) is 1. The number of esters is 1. The third-order valence-electron chi connectivity index (χ3n) is 4.97. The Balaban J connectivity index is 1.92. The predicted octanol–water partition coefficient (Wildman–Crippen LogP) is 6.51. The lowest BCUT2D eigenvalue weighted by Gasteiger charge is -2.13. The summed E-state index contributed by atoms with van der Waals surface area (Å²) in [7, 11) is 1.27. The number of hydrogen-bond acceptors (Lipinski definition) is 3. The Morgan fingerprint density at radius 1 is 1.03 bits per heavy atom. The molecule has 2 aromatic carbocycles. The summed E-state index contributed by atoms with van der Waals surface area (Å²) in [6, 6.07) is 10.4. The highest BCUT2D eigenvalue weighted by atomic mass is 35.5. The van der Waals surface area contributed by atoms with Crippen molar-refractivity contribution in [3.8, 4) is 0 Å². The zero-order valence-corrected chi connectivity index (χ0v) is 19.1. The second kappa shape index (κ2) is 10.4. The van der Waals surface area contributed by atoms with Crippen molar-refractivity contribution < 1.29 is 27.1 Å². The molecule has 0 fully saturated rings. The van der Waals surface area contributed by atoms with Gasteiger partial charge in [-0.2, -0.15) is 13.2 Å². The largest absolute Gasteiger partial charge is 0.465 e. The van der Waals surface area contributed by atoms with Crippen molar-refractivity contribution in [2.24, 2.45) is 0 Å². The van der Waals surface area contributed by atoms with Crippen LogP contribution in [-0.2, 0) is 23.9 Å². The minimum absolute atomic E-state index is 0.0668. The van der Waals surface area contributed by atoms with Gasteiger partial charge in [0.1, 0.15) is 10.8 Å². The van der Waals surface area contributed by atoms with E-state index in [1.165, 1.54) is 36.0 Å². The Morgan fingerprint density at radius 3 is 2.32 bits per heavy atom. The van der Waals surface area contributed by atoms with Gasteiger partial charge in [-0.3, -0.25) is 4.79 Å². The van der Waals surface area contributed by atoms with E-state index in [1.54, 1.807) is 24.3 Å². The van der Waals surface area contributed by atoms with Gasteiger partial charge in [0.25, 0.3) is 5.56 Å². The highest BCUT2D eigenvalue weighted by molar-refractivity contribution is 6.35. The lowest BCUT2D eigenvalue weighted by atomic mass is 10.1. The molecule has 3 rings (SSSR count). The van der Waals surface area contributed by atoms with Crippen LogP contribution < -0.4 is 5.56 Å². The molecule has 0 bridgehead atoms. The molecule has 0 saturated heterocycles. The van der Waals surface area contributed by atoms with Crippen molar-refractivity contribution in [3.63, 3.8) is 0 Å². The molecule has 0 saturated carbocycles. The van der Waals surface area contributed by atoms with Crippen LogP contribution in [0.4, 0.5) is 17.6 Å². The molecule has 0 spiro atoms. The van der Waals surface area contributed by atoms with Gasteiger partial charge < -0.3 is 9.30 Å². The third-order valence-corrected chi connectivity index (χ3v) is 5.54. The molecule has 4 nitrogen and oxygen atoms in total. The number of methoxy groups -OCH3 is 1. The SMILES string of the molecule is COC(=O)c1ccc(CCn2c(/C=C/c3ccc(F)c(C(F)(F)F)c3)c(Cl)cc(Cl)c2=O)cc1. The zero-order chi connectivity index (χ0) is 25.0. The van der Waals surface area contributed by atoms with Crippen LogP contribution in [0.5, 0.6) is 0 Å². The lowest BCUT2D eigenvalue weighted by molar-refractivity contribution is -0.140. The van der Waals surface area contributed by atoms with Gasteiger partial charge in [-0.15, -0.1) is 0 Å². The van der Waals surface area contributed by atoms with Crippen LogP contribution in [0.1, 0.15) is 32.7 Å². The summed E-state index contributed by atoms with van der Waals surface area (Å²) in [6.45, 7) is 0.146. The summed E-state index contributed by atoms with van der Waals surface area (Å²) >= 11 is 12.3. The predicted molar refractivity (Wildman–Crippen MR) is 123 cm³/mol. The van der Waals surface area contributed by atoms with Crippen molar-refractivity contribution in [1.29, 1.82) is 0 Å². The fourth-order valence-electron chi connectivity index (χ4n) is 3.21. The highest BCUT2D eigenvalue weighted by Crippen LogP contribution is 2.32. The summed E-state index contributed by atoms with van der Waals surface area (Å²) < 4.78 is 58.5. The molecule has 34 heavy (non-hydrogen) atoms. The number of aryl methyl sites for hydroxylation is 1. The van der Waals surface area contributed by atoms with Crippen molar-refractivity contribution >= 4 is 41.3 Å². The van der Waals surface area contributed by atoms with Crippen LogP contribution in [0.2, 0.25) is 10.0 Å². The van der Waals surface area contributed by atoms with Crippen molar-refractivity contribution in [1.82, 2.24) is 4.57 Å². The number of benzene rings is 2. The maximum absolute atomic E-state index is 13.6. The van der Waals surface area contributed by atoms with Gasteiger partial charge in [-0.25, -0.2) is 9.18 Å². The number of alkyl halides is 3. The fraction of sp³-hybridized carbons (Fsp3) is 0.167. The van der Waals surface area contributed by atoms with Crippen LogP contribution in [-0.4, -0.2) is 17.6 Å². The number of carbonyl (C=O) groups is 1. The number of carbonyl (C=O) groups excluding carboxylic acids is 1. The van der Waals surface area contributed by atoms with E-state index in [-0.39, 0.29) is 27.8 Å². The normalized spacial score (nSPS) is 11.7. The number of aromatic nitrogens is 1. The molecule has 178 valence electrons. The Morgan fingerprint density at radius 2 is 1.71 bits per heavy atom. The number of halogens is 6. The Kier molecular flexibility index (Phi) is 7.84. The van der Waals surface area contributed by atoms with Crippen molar-refractivity contribution in [3.05, 3.63) is 103 Å². The summed E-state index contributed by atoms with van der Waals surface area (Å²) in [5.41, 5.74) is -0.469. The summed E-state index contributed by atoms with van der Waals surface area (Å²) in [4.78, 5) is 24.2. The average Bonchev–Trinajstić information content (AvgIpc) is 2.79. The minimum Gasteiger partial charge on any atom is -0.465 e. The van der Waals surface area contributed by atoms with E-state index in [2.05, 4.69) is 4.74 Å². The quantitative estimate of drug-likeness (QED) is 0.278. The smallest absolute Gasteiger partial charge is 0.419 e. The first-order chi connectivity index (χ1) is 16.0. The summed E-state index contributed by atoms with van der Waals surface area (Å²) in [6.07, 6.45) is -1.82. The first-order valence-corrected chi connectivity index (χ1v) is 10.6. The minimum atomic E-state index is -4.85. The first-order valence-electron chi connectivity index (χ1n) is 9.82. The van der Waals surface area contributed by atoms with Gasteiger partial charge in [0.05, 0.1) is 29.0 Å². The molecule has 0 aliphatic heterocycles. The molecule has 0 aliphatic rings. The van der Waals surface area contributed by atoms with Gasteiger partial charge in [-0.1, -0.05) is 47.5 Å². The average molecular weight is 514 g/mol. The van der Waals surface area contributed by atoms with Crippen LogP contribution in [0.15, 0.2) is 53.3 Å². The standard InChI is InChI=1S/C24H17Cl2F4NO3/c1-34-23(33)16-6-2-14(3-7-16)10-11-31-21(18(25)13-19(26)22(31)32)9-5-15-4-8-20(27)17(12-15)24(28,29)30/h2-9,12-13H,10-11H2,1H3/b9-5+. The van der Waals surface area contributed by atoms with Gasteiger partial charge >= 0.3 is 12.1 Å². The Labute approximate surface area is 202 Å². The molecule has 0 aliphatic carbocycles. The maximum atomic E-state index is 13.6. The second-order valence-corrected chi connectivity index (χ2v) is 8.01. The summed E-state index contributed by atoms with van der Waals surface area (Å²) in [5.74, 6) is -1.87. The lowest BCUT2D eigenvalue weighted by Crippen LogP contribution is -2.24. The van der Waals surface area contributed by atoms with E-state index in [4.69, 9.17) is 23.2 Å². The van der Waals surface area contributed by atoms with Gasteiger partial charge in [0.15, 0.2) is 0 Å². The van der Waals surface area contributed by atoms with Crippen molar-refractivity contribution in [2.45, 2.75) is 19.1 Å². The molecule has 1 heterocycles. The molecule has 0 amide bonds. The van der Waals surface area contributed by atoms with E-state index in [0.29, 0.717) is 18.1 Å². The molecule has 0 N–H and O–H groups in total. The Bertz CT molecular complexity index is 1300. The first kappa shape index (κ1) is 25.5. The van der Waals surface area contributed by atoms with E-state index in [9.17, 15) is 27.2 Å². The second-order valence-electron chi connectivity index (χ2n) is 7.19. The van der Waals surface area contributed by atoms with Gasteiger partial charge in [0, 0.05) is 6.54 Å². The van der Waals surface area contributed by atoms with E-state index in [1.807, 2.05) is 0 Å². The molecule has 1 aromatic heterocycles. The number of pyridine rings is 1.